The zero-order valence-electron chi connectivity index (χ0n) is 8.00. The number of imide groups is 1. The number of hydrogen-bond acceptors (Lipinski definition) is 2. The van der Waals surface area contributed by atoms with E-state index in [1.165, 1.54) is 0 Å². The molecule has 2 N–H and O–H groups in total. The molecule has 1 aliphatic rings. The third kappa shape index (κ3) is 1.63. The van der Waals surface area contributed by atoms with Gasteiger partial charge in [0.1, 0.15) is 5.54 Å². The van der Waals surface area contributed by atoms with E-state index in [0.717, 1.165) is 10.0 Å². The Morgan fingerprint density at radius 1 is 1.33 bits per heavy atom. The van der Waals surface area contributed by atoms with Gasteiger partial charge in [-0.3, -0.25) is 10.1 Å². The van der Waals surface area contributed by atoms with Gasteiger partial charge >= 0.3 is 6.03 Å². The Bertz CT molecular complexity index is 447. The Hall–Kier alpha value is -1.36. The van der Waals surface area contributed by atoms with E-state index in [9.17, 15) is 9.59 Å². The lowest BCUT2D eigenvalue weighted by Crippen LogP contribution is -2.40. The zero-order valence-corrected chi connectivity index (χ0v) is 9.59. The Labute approximate surface area is 95.2 Å². The fourth-order valence-electron chi connectivity index (χ4n) is 1.55. The first-order valence-corrected chi connectivity index (χ1v) is 5.21. The van der Waals surface area contributed by atoms with Crippen molar-refractivity contribution in [2.24, 2.45) is 0 Å². The molecule has 1 aromatic rings. The fraction of sp³-hybridized carbons (Fsp3) is 0.200. The Kier molecular flexibility index (Phi) is 2.26. The molecule has 4 nitrogen and oxygen atoms in total. The molecule has 0 unspecified atom stereocenters. The second kappa shape index (κ2) is 3.34. The van der Waals surface area contributed by atoms with Crippen molar-refractivity contribution in [1.82, 2.24) is 10.6 Å². The number of hydrogen-bond donors (Lipinski definition) is 2. The topological polar surface area (TPSA) is 58.2 Å². The van der Waals surface area contributed by atoms with E-state index < -0.39 is 11.6 Å². The maximum Gasteiger partial charge on any atom is 0.322 e. The second-order valence-electron chi connectivity index (χ2n) is 3.54. The van der Waals surface area contributed by atoms with Crippen molar-refractivity contribution < 1.29 is 9.59 Å². The van der Waals surface area contributed by atoms with E-state index in [-0.39, 0.29) is 5.91 Å². The normalized spacial score (nSPS) is 24.9. The molecule has 78 valence electrons. The second-order valence-corrected chi connectivity index (χ2v) is 4.46. The predicted octanol–water partition coefficient (Wildman–Crippen LogP) is 1.50. The molecule has 0 radical (unpaired) electrons. The van der Waals surface area contributed by atoms with Crippen LogP contribution in [-0.4, -0.2) is 11.9 Å². The highest BCUT2D eigenvalue weighted by Crippen LogP contribution is 2.26. The van der Waals surface area contributed by atoms with Crippen LogP contribution in [0.1, 0.15) is 12.5 Å². The van der Waals surface area contributed by atoms with E-state index in [4.69, 9.17) is 0 Å². The van der Waals surface area contributed by atoms with Crippen LogP contribution in [0.2, 0.25) is 0 Å². The van der Waals surface area contributed by atoms with E-state index in [2.05, 4.69) is 26.6 Å². The van der Waals surface area contributed by atoms with Gasteiger partial charge in [0.05, 0.1) is 0 Å². The van der Waals surface area contributed by atoms with Crippen LogP contribution in [-0.2, 0) is 10.3 Å². The van der Waals surface area contributed by atoms with Crippen molar-refractivity contribution in [2.75, 3.05) is 0 Å². The average molecular weight is 269 g/mol. The van der Waals surface area contributed by atoms with Crippen LogP contribution in [0.25, 0.3) is 0 Å². The summed E-state index contributed by atoms with van der Waals surface area (Å²) in [4.78, 5) is 22.7. The van der Waals surface area contributed by atoms with Crippen LogP contribution in [0.5, 0.6) is 0 Å². The molecule has 1 aromatic carbocycles. The molecule has 1 fully saturated rings. The van der Waals surface area contributed by atoms with Crippen LogP contribution in [0.3, 0.4) is 0 Å². The monoisotopic (exact) mass is 268 g/mol. The van der Waals surface area contributed by atoms with Crippen LogP contribution in [0, 0.1) is 0 Å². The molecule has 0 saturated carbocycles. The molecule has 0 aromatic heterocycles. The van der Waals surface area contributed by atoms with Crippen molar-refractivity contribution in [1.29, 1.82) is 0 Å². The molecule has 3 amide bonds. The Morgan fingerprint density at radius 2 is 2.07 bits per heavy atom. The molecule has 1 atom stereocenters. The molecule has 1 saturated heterocycles. The van der Waals surface area contributed by atoms with E-state index in [0.29, 0.717) is 0 Å². The van der Waals surface area contributed by atoms with Crippen molar-refractivity contribution in [3.05, 3.63) is 34.3 Å². The highest BCUT2D eigenvalue weighted by molar-refractivity contribution is 9.10. The minimum Gasteiger partial charge on any atom is -0.320 e. The number of benzene rings is 1. The SMILES string of the molecule is C[C@@]1(c2cccc(Br)c2)NC(=O)NC1=O. The molecule has 1 aliphatic heterocycles. The van der Waals surface area contributed by atoms with Gasteiger partial charge in [-0.15, -0.1) is 0 Å². The number of halogens is 1. The van der Waals surface area contributed by atoms with Gasteiger partial charge in [-0.1, -0.05) is 28.1 Å². The Balaban J connectivity index is 2.46. The summed E-state index contributed by atoms with van der Waals surface area (Å²) in [5.41, 5.74) is -0.221. The van der Waals surface area contributed by atoms with E-state index >= 15 is 0 Å². The van der Waals surface area contributed by atoms with Gasteiger partial charge in [0.2, 0.25) is 0 Å². The molecule has 5 heteroatoms. The molecule has 15 heavy (non-hydrogen) atoms. The molecular weight excluding hydrogens is 260 g/mol. The Morgan fingerprint density at radius 3 is 2.60 bits per heavy atom. The van der Waals surface area contributed by atoms with Gasteiger partial charge in [0, 0.05) is 4.47 Å². The van der Waals surface area contributed by atoms with Crippen molar-refractivity contribution in [3.8, 4) is 0 Å². The molecule has 0 aliphatic carbocycles. The minimum absolute atomic E-state index is 0.328. The summed E-state index contributed by atoms with van der Waals surface area (Å²) in [5, 5.41) is 4.82. The first-order chi connectivity index (χ1) is 7.02. The molecule has 1 heterocycles. The summed E-state index contributed by atoms with van der Waals surface area (Å²) in [6, 6.07) is 6.84. The smallest absolute Gasteiger partial charge is 0.320 e. The maximum atomic E-state index is 11.6. The van der Waals surface area contributed by atoms with Gasteiger partial charge in [0.15, 0.2) is 0 Å². The quantitative estimate of drug-likeness (QED) is 0.759. The van der Waals surface area contributed by atoms with E-state index in [1.54, 1.807) is 13.0 Å². The number of urea groups is 1. The van der Waals surface area contributed by atoms with Crippen LogP contribution < -0.4 is 10.6 Å². The fourth-order valence-corrected chi connectivity index (χ4v) is 1.95. The van der Waals surface area contributed by atoms with E-state index in [1.807, 2.05) is 18.2 Å². The van der Waals surface area contributed by atoms with Gasteiger partial charge < -0.3 is 5.32 Å². The maximum absolute atomic E-state index is 11.6. The van der Waals surface area contributed by atoms with Crippen molar-refractivity contribution in [2.45, 2.75) is 12.5 Å². The largest absolute Gasteiger partial charge is 0.322 e. The lowest BCUT2D eigenvalue weighted by molar-refractivity contribution is -0.123. The number of carbonyl (C=O) groups is 2. The van der Waals surface area contributed by atoms with Gasteiger partial charge in [-0.05, 0) is 24.6 Å². The lowest BCUT2D eigenvalue weighted by Gasteiger charge is -2.21. The summed E-state index contributed by atoms with van der Waals surface area (Å²) < 4.78 is 0.871. The predicted molar refractivity (Wildman–Crippen MR) is 58.2 cm³/mol. The highest BCUT2D eigenvalue weighted by Gasteiger charge is 2.43. The highest BCUT2D eigenvalue weighted by atomic mass is 79.9. The third-order valence-corrected chi connectivity index (χ3v) is 2.94. The van der Waals surface area contributed by atoms with Crippen LogP contribution in [0.4, 0.5) is 4.79 Å². The molecule has 2 rings (SSSR count). The summed E-state index contributed by atoms with van der Waals surface area (Å²) in [5.74, 6) is -0.328. The van der Waals surface area contributed by atoms with Gasteiger partial charge in [0.25, 0.3) is 5.91 Å². The van der Waals surface area contributed by atoms with Crippen LogP contribution >= 0.6 is 15.9 Å². The molecular formula is C10H9BrN2O2. The summed E-state index contributed by atoms with van der Waals surface area (Å²) in [6.45, 7) is 1.68. The van der Waals surface area contributed by atoms with Crippen LogP contribution in [0.15, 0.2) is 28.7 Å². The van der Waals surface area contributed by atoms with Crippen molar-refractivity contribution in [3.63, 3.8) is 0 Å². The van der Waals surface area contributed by atoms with Gasteiger partial charge in [-0.25, -0.2) is 4.79 Å². The van der Waals surface area contributed by atoms with Gasteiger partial charge in [-0.2, -0.15) is 0 Å². The average Bonchev–Trinajstić information content (AvgIpc) is 2.42. The number of nitrogens with one attached hydrogen (secondary N) is 2. The number of amides is 3. The standard InChI is InChI=1S/C10H9BrN2O2/c1-10(8(14)12-9(15)13-10)6-3-2-4-7(11)5-6/h2-5H,1H3,(H2,12,13,14,15)/t10-/m0/s1. The number of rotatable bonds is 1. The zero-order chi connectivity index (χ0) is 11.1. The molecule has 0 bridgehead atoms. The van der Waals surface area contributed by atoms with Crippen molar-refractivity contribution >= 4 is 27.9 Å². The lowest BCUT2D eigenvalue weighted by atomic mass is 9.92. The minimum atomic E-state index is -0.971. The first-order valence-electron chi connectivity index (χ1n) is 4.42. The third-order valence-electron chi connectivity index (χ3n) is 2.45. The summed E-state index contributed by atoms with van der Waals surface area (Å²) in [7, 11) is 0. The summed E-state index contributed by atoms with van der Waals surface area (Å²) in [6.07, 6.45) is 0. The molecule has 0 spiro atoms. The first kappa shape index (κ1) is 10.2. The summed E-state index contributed by atoms with van der Waals surface area (Å²) >= 11 is 3.32. The number of carbonyl (C=O) groups excluding carboxylic acids is 2.